The van der Waals surface area contributed by atoms with Gasteiger partial charge in [0.25, 0.3) is 0 Å². The van der Waals surface area contributed by atoms with Crippen LogP contribution in [0, 0.1) is 0 Å². The fourth-order valence-corrected chi connectivity index (χ4v) is 4.39. The molecule has 0 spiro atoms. The first-order valence-corrected chi connectivity index (χ1v) is 11.9. The van der Waals surface area contributed by atoms with Gasteiger partial charge in [-0.25, -0.2) is 4.79 Å². The van der Waals surface area contributed by atoms with Crippen LogP contribution in [0.15, 0.2) is 30.5 Å². The smallest absolute Gasteiger partial charge is 0.326 e. The fourth-order valence-electron chi connectivity index (χ4n) is 4.39. The summed E-state index contributed by atoms with van der Waals surface area (Å²) in [4.78, 5) is 65.8. The molecule has 0 saturated carbocycles. The monoisotopic (exact) mass is 517 g/mol. The Morgan fingerprint density at radius 1 is 1.11 bits per heavy atom. The van der Waals surface area contributed by atoms with E-state index in [0.29, 0.717) is 18.4 Å². The number of aromatic amines is 1. The maximum absolute atomic E-state index is 13.2. The Kier molecular flexibility index (Phi) is 9.20. The number of hydrogen-bond acceptors (Lipinski definition) is 7. The van der Waals surface area contributed by atoms with Crippen molar-refractivity contribution in [2.45, 2.75) is 56.3 Å². The summed E-state index contributed by atoms with van der Waals surface area (Å²) in [5, 5.41) is 33.4. The lowest BCUT2D eigenvalue weighted by Gasteiger charge is -2.28. The van der Waals surface area contributed by atoms with Gasteiger partial charge in [-0.3, -0.25) is 19.2 Å². The van der Waals surface area contributed by atoms with Crippen LogP contribution in [0.25, 0.3) is 10.9 Å². The van der Waals surface area contributed by atoms with Crippen molar-refractivity contribution in [2.75, 3.05) is 13.2 Å². The number of likely N-dealkylation sites (tertiary alicyclic amines) is 1. The molecule has 0 radical (unpaired) electrons. The van der Waals surface area contributed by atoms with Gasteiger partial charge in [0.15, 0.2) is 0 Å². The number of aliphatic hydroxyl groups excluding tert-OH is 1. The molecule has 1 aromatic carbocycles. The number of H-pyrrole nitrogens is 1. The first kappa shape index (κ1) is 27.6. The second kappa shape index (κ2) is 12.3. The van der Waals surface area contributed by atoms with Crippen LogP contribution in [0.4, 0.5) is 0 Å². The molecule has 2 heterocycles. The van der Waals surface area contributed by atoms with E-state index in [1.807, 2.05) is 24.3 Å². The lowest BCUT2D eigenvalue weighted by Crippen LogP contribution is -2.57. The first-order chi connectivity index (χ1) is 17.6. The number of rotatable bonds is 12. The number of carbonyl (C=O) groups excluding carboxylic acids is 3. The largest absolute Gasteiger partial charge is 0.481 e. The Morgan fingerprint density at radius 2 is 1.84 bits per heavy atom. The average molecular weight is 518 g/mol. The van der Waals surface area contributed by atoms with Gasteiger partial charge in [-0.15, -0.1) is 0 Å². The first-order valence-electron chi connectivity index (χ1n) is 11.9. The third-order valence-electron chi connectivity index (χ3n) is 6.35. The quantitative estimate of drug-likeness (QED) is 0.182. The summed E-state index contributed by atoms with van der Waals surface area (Å²) in [6.45, 7) is -0.317. The number of carboxylic acid groups (broad SMARTS) is 2. The van der Waals surface area contributed by atoms with Gasteiger partial charge in [0.2, 0.25) is 17.7 Å². The number of carbonyl (C=O) groups is 5. The minimum atomic E-state index is -1.47. The van der Waals surface area contributed by atoms with E-state index < -0.39 is 66.9 Å². The Labute approximate surface area is 212 Å². The fraction of sp³-hybridized carbons (Fsp3) is 0.458. The number of nitrogens with zero attached hydrogens (tertiary/aromatic N) is 1. The van der Waals surface area contributed by atoms with E-state index in [1.165, 1.54) is 4.90 Å². The summed E-state index contributed by atoms with van der Waals surface area (Å²) < 4.78 is 0. The maximum atomic E-state index is 13.2. The number of aliphatic carboxylic acids is 2. The minimum absolute atomic E-state index is 0.00365. The summed E-state index contributed by atoms with van der Waals surface area (Å²) in [7, 11) is 0. The van der Waals surface area contributed by atoms with E-state index >= 15 is 0 Å². The van der Waals surface area contributed by atoms with Crippen molar-refractivity contribution in [2.24, 2.45) is 5.73 Å². The van der Waals surface area contributed by atoms with E-state index in [1.54, 1.807) is 6.20 Å². The van der Waals surface area contributed by atoms with Gasteiger partial charge in [0.1, 0.15) is 24.2 Å². The second-order valence-corrected chi connectivity index (χ2v) is 8.94. The zero-order valence-electron chi connectivity index (χ0n) is 20.1. The highest BCUT2D eigenvalue weighted by molar-refractivity contribution is 5.95. The number of nitrogens with two attached hydrogens (primary N) is 1. The van der Waals surface area contributed by atoms with Crippen molar-refractivity contribution in [3.63, 3.8) is 0 Å². The van der Waals surface area contributed by atoms with Crippen LogP contribution >= 0.6 is 0 Å². The highest BCUT2D eigenvalue weighted by Crippen LogP contribution is 2.21. The van der Waals surface area contributed by atoms with Gasteiger partial charge in [0.05, 0.1) is 6.61 Å². The van der Waals surface area contributed by atoms with Crippen molar-refractivity contribution >= 4 is 40.6 Å². The summed E-state index contributed by atoms with van der Waals surface area (Å²) in [5.41, 5.74) is 7.14. The molecule has 13 heteroatoms. The average Bonchev–Trinajstić information content (AvgIpc) is 3.52. The van der Waals surface area contributed by atoms with Gasteiger partial charge in [-0.2, -0.15) is 0 Å². The molecule has 1 fully saturated rings. The van der Waals surface area contributed by atoms with E-state index in [9.17, 15) is 34.2 Å². The third-order valence-corrected chi connectivity index (χ3v) is 6.35. The van der Waals surface area contributed by atoms with Gasteiger partial charge in [0, 0.05) is 36.5 Å². The van der Waals surface area contributed by atoms with Crippen LogP contribution in [0.5, 0.6) is 0 Å². The van der Waals surface area contributed by atoms with E-state index in [4.69, 9.17) is 10.8 Å². The molecule has 37 heavy (non-hydrogen) atoms. The van der Waals surface area contributed by atoms with Crippen molar-refractivity contribution < 1.29 is 39.3 Å². The van der Waals surface area contributed by atoms with Crippen LogP contribution < -0.4 is 16.4 Å². The molecule has 1 aliphatic heterocycles. The number of nitrogens with one attached hydrogen (secondary N) is 3. The van der Waals surface area contributed by atoms with E-state index in [-0.39, 0.29) is 19.4 Å². The Balaban J connectivity index is 1.83. The zero-order valence-corrected chi connectivity index (χ0v) is 20.1. The Morgan fingerprint density at radius 3 is 2.51 bits per heavy atom. The Hall–Kier alpha value is -3.97. The molecule has 0 aliphatic carbocycles. The third kappa shape index (κ3) is 6.83. The molecule has 1 saturated heterocycles. The molecular weight excluding hydrogens is 486 g/mol. The van der Waals surface area contributed by atoms with Crippen molar-refractivity contribution in [3.05, 3.63) is 36.0 Å². The van der Waals surface area contributed by atoms with Gasteiger partial charge in [-0.1, -0.05) is 18.2 Å². The summed E-state index contributed by atoms with van der Waals surface area (Å²) in [6, 6.07) is 2.53. The molecular formula is C24H31N5O8. The number of carboxylic acids is 2. The number of aliphatic hydroxyl groups is 1. The second-order valence-electron chi connectivity index (χ2n) is 8.94. The van der Waals surface area contributed by atoms with Crippen LogP contribution in [-0.2, 0) is 30.4 Å². The van der Waals surface area contributed by atoms with Crippen LogP contribution in [0.3, 0.4) is 0 Å². The number of aromatic nitrogens is 1. The van der Waals surface area contributed by atoms with E-state index in [0.717, 1.165) is 10.9 Å². The molecule has 2 aromatic rings. The molecule has 1 aliphatic rings. The Bertz CT molecular complexity index is 1160. The molecule has 4 atom stereocenters. The molecule has 3 rings (SSSR count). The summed E-state index contributed by atoms with van der Waals surface area (Å²) >= 11 is 0. The van der Waals surface area contributed by atoms with Gasteiger partial charge < -0.3 is 41.6 Å². The predicted molar refractivity (Wildman–Crippen MR) is 130 cm³/mol. The summed E-state index contributed by atoms with van der Waals surface area (Å²) in [6.07, 6.45) is 1.73. The van der Waals surface area contributed by atoms with Crippen LogP contribution in [0.1, 0.15) is 31.2 Å². The standard InChI is InChI=1S/C24H31N5O8/c25-15(12-30)23(35)29-9-3-6-19(29)22(34)28-18(10-13-11-26-16-5-2-1-4-14(13)16)21(33)27-17(24(36)37)7-8-20(31)32/h1-2,4-5,11,15,17-19,26,30H,3,6-10,12,25H2,(H,27,33)(H,28,34)(H,31,32)(H,36,37)/t15-,17-,18-,19-/m0/s1. The van der Waals surface area contributed by atoms with Crippen molar-refractivity contribution in [3.8, 4) is 0 Å². The minimum Gasteiger partial charge on any atom is -0.481 e. The zero-order chi connectivity index (χ0) is 27.1. The van der Waals surface area contributed by atoms with Gasteiger partial charge in [-0.05, 0) is 30.9 Å². The molecule has 3 amide bonds. The van der Waals surface area contributed by atoms with Crippen molar-refractivity contribution in [1.82, 2.24) is 20.5 Å². The van der Waals surface area contributed by atoms with Crippen LogP contribution in [-0.4, -0.2) is 92.2 Å². The van der Waals surface area contributed by atoms with Crippen molar-refractivity contribution in [1.29, 1.82) is 0 Å². The number of amides is 3. The number of fused-ring (bicyclic) bond motifs is 1. The molecule has 1 aromatic heterocycles. The molecule has 0 unspecified atom stereocenters. The molecule has 0 bridgehead atoms. The summed E-state index contributed by atoms with van der Waals surface area (Å²) in [5.74, 6) is -4.63. The molecule has 200 valence electrons. The number of para-hydroxylation sites is 1. The van der Waals surface area contributed by atoms with E-state index in [2.05, 4.69) is 15.6 Å². The molecule has 13 nitrogen and oxygen atoms in total. The number of hydrogen-bond donors (Lipinski definition) is 7. The normalized spacial score (nSPS) is 17.7. The topological polar surface area (TPSA) is 215 Å². The number of benzene rings is 1. The predicted octanol–water partition coefficient (Wildman–Crippen LogP) is -1.06. The highest BCUT2D eigenvalue weighted by Gasteiger charge is 2.38. The SMILES string of the molecule is N[C@@H](CO)C(=O)N1CCC[C@H]1C(=O)N[C@@H](Cc1c[nH]c2ccccc12)C(=O)N[C@@H](CCC(=O)O)C(=O)O. The molecule has 8 N–H and O–H groups in total. The maximum Gasteiger partial charge on any atom is 0.326 e. The van der Waals surface area contributed by atoms with Gasteiger partial charge >= 0.3 is 11.9 Å². The highest BCUT2D eigenvalue weighted by atomic mass is 16.4. The van der Waals surface area contributed by atoms with Crippen LogP contribution in [0.2, 0.25) is 0 Å². The lowest BCUT2D eigenvalue weighted by atomic mass is 10.0. The lowest BCUT2D eigenvalue weighted by molar-refractivity contribution is -0.144.